The third-order valence-corrected chi connectivity index (χ3v) is 7.45. The van der Waals surface area contributed by atoms with Crippen molar-refractivity contribution in [3.8, 4) is 5.75 Å². The topological polar surface area (TPSA) is 31.2 Å². The van der Waals surface area contributed by atoms with Crippen LogP contribution in [0.25, 0.3) is 10.9 Å². The molecular formula is C21H23NO2S. The van der Waals surface area contributed by atoms with Crippen molar-refractivity contribution >= 4 is 26.0 Å². The first kappa shape index (κ1) is 16.3. The van der Waals surface area contributed by atoms with Crippen LogP contribution >= 0.6 is 0 Å². The fourth-order valence-corrected chi connectivity index (χ4v) is 5.63. The molecule has 2 heterocycles. The number of benzene rings is 2. The van der Waals surface area contributed by atoms with Gasteiger partial charge in [0.1, 0.15) is 5.75 Å². The predicted octanol–water partition coefficient (Wildman–Crippen LogP) is 4.67. The van der Waals surface area contributed by atoms with Gasteiger partial charge < -0.3 is 4.74 Å². The maximum absolute atomic E-state index is 13.8. The molecule has 130 valence electrons. The van der Waals surface area contributed by atoms with Gasteiger partial charge in [-0.25, -0.2) is 4.21 Å². The van der Waals surface area contributed by atoms with Gasteiger partial charge in [0.2, 0.25) is 0 Å². The van der Waals surface area contributed by atoms with E-state index in [1.807, 2.05) is 64.9 Å². The van der Waals surface area contributed by atoms with Crippen LogP contribution in [0.15, 0.2) is 59.6 Å². The number of aromatic nitrogens is 1. The number of ether oxygens (including phenoxy) is 1. The minimum atomic E-state index is -2.46. The molecule has 2 aromatic carbocycles. The van der Waals surface area contributed by atoms with E-state index in [0.29, 0.717) is 0 Å². The zero-order valence-electron chi connectivity index (χ0n) is 14.6. The standard InChI is InChI=1S/C21H23NO2S/c1-3-25(23,17-9-5-4-6-10-17)22-15-14-18-19-11-7-8-16(2)24-21(19)13-12-20(18)22/h3-6,9-10,12-16H,7-8,11H2,1-2H3. The largest absolute Gasteiger partial charge is 0.490 e. The van der Waals surface area contributed by atoms with Gasteiger partial charge in [-0.2, -0.15) is 0 Å². The van der Waals surface area contributed by atoms with Crippen molar-refractivity contribution in [2.45, 2.75) is 44.1 Å². The summed E-state index contributed by atoms with van der Waals surface area (Å²) >= 11 is 0. The Balaban J connectivity index is 1.93. The Hall–Kier alpha value is -2.20. The smallest absolute Gasteiger partial charge is 0.123 e. The summed E-state index contributed by atoms with van der Waals surface area (Å²) in [4.78, 5) is 0.829. The van der Waals surface area contributed by atoms with Crippen LogP contribution in [0.2, 0.25) is 0 Å². The number of fused-ring (bicyclic) bond motifs is 3. The Morgan fingerprint density at radius 1 is 1.16 bits per heavy atom. The minimum Gasteiger partial charge on any atom is -0.490 e. The van der Waals surface area contributed by atoms with Crippen LogP contribution in [0.4, 0.5) is 0 Å². The van der Waals surface area contributed by atoms with Gasteiger partial charge in [-0.15, -0.1) is 0 Å². The van der Waals surface area contributed by atoms with E-state index in [9.17, 15) is 4.21 Å². The van der Waals surface area contributed by atoms with E-state index < -0.39 is 9.71 Å². The maximum atomic E-state index is 13.8. The molecule has 0 radical (unpaired) electrons. The first-order valence-corrected chi connectivity index (χ1v) is 10.4. The van der Waals surface area contributed by atoms with Gasteiger partial charge in [0.25, 0.3) is 0 Å². The normalized spacial score (nSPS) is 19.5. The highest BCUT2D eigenvalue weighted by atomic mass is 32.2. The molecule has 4 heteroatoms. The van der Waals surface area contributed by atoms with E-state index >= 15 is 0 Å². The summed E-state index contributed by atoms with van der Waals surface area (Å²) in [5.74, 6) is 0.974. The van der Waals surface area contributed by atoms with Gasteiger partial charge in [0, 0.05) is 17.1 Å². The molecular weight excluding hydrogens is 330 g/mol. The average Bonchev–Trinajstić information content (AvgIpc) is 2.98. The Labute approximate surface area is 149 Å². The van der Waals surface area contributed by atoms with Gasteiger partial charge >= 0.3 is 0 Å². The molecule has 0 saturated carbocycles. The van der Waals surface area contributed by atoms with Crippen LogP contribution in [0, 0.1) is 0 Å². The molecule has 0 saturated heterocycles. The molecule has 4 rings (SSSR count). The predicted molar refractivity (Wildman–Crippen MR) is 105 cm³/mol. The van der Waals surface area contributed by atoms with Crippen molar-refractivity contribution in [2.75, 3.05) is 0 Å². The molecule has 0 fully saturated rings. The van der Waals surface area contributed by atoms with Gasteiger partial charge in [-0.3, -0.25) is 3.97 Å². The van der Waals surface area contributed by atoms with Crippen LogP contribution in [0.3, 0.4) is 0 Å². The molecule has 1 aliphatic rings. The lowest BCUT2D eigenvalue weighted by atomic mass is 10.0. The molecule has 3 aromatic rings. The summed E-state index contributed by atoms with van der Waals surface area (Å²) in [5, 5.41) is 2.96. The lowest BCUT2D eigenvalue weighted by Crippen LogP contribution is -2.14. The molecule has 1 aromatic heterocycles. The fourth-order valence-electron chi connectivity index (χ4n) is 3.66. The molecule has 0 bridgehead atoms. The molecule has 25 heavy (non-hydrogen) atoms. The summed E-state index contributed by atoms with van der Waals surface area (Å²) in [5.41, 5.74) is 2.25. The maximum Gasteiger partial charge on any atom is 0.123 e. The number of nitrogens with zero attached hydrogens (tertiary/aromatic N) is 1. The van der Waals surface area contributed by atoms with E-state index in [-0.39, 0.29) is 6.10 Å². The third kappa shape index (κ3) is 2.65. The molecule has 0 spiro atoms. The Bertz CT molecular complexity index is 1030. The number of aryl methyl sites for hydroxylation is 1. The fraction of sp³-hybridized carbons (Fsp3) is 0.286. The molecule has 3 nitrogen and oxygen atoms in total. The monoisotopic (exact) mass is 353 g/mol. The van der Waals surface area contributed by atoms with Crippen molar-refractivity contribution in [1.82, 2.24) is 3.97 Å². The second-order valence-electron chi connectivity index (χ2n) is 6.55. The SMILES string of the molecule is CC=S(=O)(c1ccccc1)n1ccc2c3c(ccc21)OC(C)CCC3. The highest BCUT2D eigenvalue weighted by Gasteiger charge is 2.20. The van der Waals surface area contributed by atoms with Gasteiger partial charge in [0.05, 0.1) is 26.2 Å². The molecule has 0 amide bonds. The van der Waals surface area contributed by atoms with E-state index in [1.54, 1.807) is 0 Å². The lowest BCUT2D eigenvalue weighted by molar-refractivity contribution is 0.216. The van der Waals surface area contributed by atoms with Gasteiger partial charge in [0.15, 0.2) is 0 Å². The zero-order chi connectivity index (χ0) is 17.4. The minimum absolute atomic E-state index is 0.248. The van der Waals surface area contributed by atoms with E-state index in [2.05, 4.69) is 13.0 Å². The lowest BCUT2D eigenvalue weighted by Gasteiger charge is -2.16. The molecule has 2 atom stereocenters. The quantitative estimate of drug-likeness (QED) is 0.627. The summed E-state index contributed by atoms with van der Waals surface area (Å²) in [6.45, 7) is 3.99. The third-order valence-electron chi connectivity index (χ3n) is 4.96. The molecule has 2 unspecified atom stereocenters. The summed E-state index contributed by atoms with van der Waals surface area (Å²) in [7, 11) is -2.46. The molecule has 1 aliphatic heterocycles. The summed E-state index contributed by atoms with van der Waals surface area (Å²) in [6.07, 6.45) is 5.39. The zero-order valence-corrected chi connectivity index (χ0v) is 15.5. The van der Waals surface area contributed by atoms with Crippen LogP contribution < -0.4 is 4.74 Å². The van der Waals surface area contributed by atoms with Crippen molar-refractivity contribution in [2.24, 2.45) is 0 Å². The van der Waals surface area contributed by atoms with Crippen LogP contribution in [-0.4, -0.2) is 19.7 Å². The number of hydrogen-bond donors (Lipinski definition) is 0. The second-order valence-corrected chi connectivity index (χ2v) is 9.03. The van der Waals surface area contributed by atoms with E-state index in [1.165, 1.54) is 5.56 Å². The first-order chi connectivity index (χ1) is 12.1. The first-order valence-electron chi connectivity index (χ1n) is 8.82. The number of rotatable bonds is 2. The van der Waals surface area contributed by atoms with Gasteiger partial charge in [-0.05, 0) is 68.8 Å². The second kappa shape index (κ2) is 6.26. The Morgan fingerprint density at radius 2 is 1.96 bits per heavy atom. The van der Waals surface area contributed by atoms with Crippen molar-refractivity contribution in [3.63, 3.8) is 0 Å². The van der Waals surface area contributed by atoms with Crippen molar-refractivity contribution in [1.29, 1.82) is 0 Å². The Morgan fingerprint density at radius 3 is 2.72 bits per heavy atom. The molecule has 0 N–H and O–H groups in total. The molecule has 0 aliphatic carbocycles. The van der Waals surface area contributed by atoms with E-state index in [0.717, 1.165) is 40.8 Å². The van der Waals surface area contributed by atoms with Crippen molar-refractivity contribution < 1.29 is 8.95 Å². The number of hydrogen-bond acceptors (Lipinski definition) is 2. The highest BCUT2D eigenvalue weighted by Crippen LogP contribution is 2.35. The van der Waals surface area contributed by atoms with E-state index in [4.69, 9.17) is 4.74 Å². The van der Waals surface area contributed by atoms with Crippen LogP contribution in [0.5, 0.6) is 5.75 Å². The summed E-state index contributed by atoms with van der Waals surface area (Å²) in [6, 6.07) is 15.8. The van der Waals surface area contributed by atoms with Gasteiger partial charge in [-0.1, -0.05) is 18.2 Å². The van der Waals surface area contributed by atoms with Crippen LogP contribution in [0.1, 0.15) is 32.3 Å². The average molecular weight is 353 g/mol. The van der Waals surface area contributed by atoms with Crippen LogP contribution in [-0.2, 0) is 16.1 Å². The Kier molecular flexibility index (Phi) is 4.08. The highest BCUT2D eigenvalue weighted by molar-refractivity contribution is 8.00. The van der Waals surface area contributed by atoms with Crippen molar-refractivity contribution in [3.05, 3.63) is 60.3 Å². The summed E-state index contributed by atoms with van der Waals surface area (Å²) < 4.78 is 21.8.